The van der Waals surface area contributed by atoms with Crippen LogP contribution in [0.15, 0.2) is 158 Å². The normalized spacial score (nSPS) is 15.6. The Kier molecular flexibility index (Phi) is 5.21. The maximum absolute atomic E-state index is 15.6. The Bertz CT molecular complexity index is 2410. The van der Waals surface area contributed by atoms with Gasteiger partial charge in [0.1, 0.15) is 0 Å². The van der Waals surface area contributed by atoms with E-state index < -0.39 is 7.14 Å². The summed E-state index contributed by atoms with van der Waals surface area (Å²) >= 11 is 0. The lowest BCUT2D eigenvalue weighted by atomic mass is 9.98. The first-order valence-electron chi connectivity index (χ1n) is 14.6. The highest BCUT2D eigenvalue weighted by Gasteiger charge is 2.42. The van der Waals surface area contributed by atoms with Crippen LogP contribution in [0, 0.1) is 0 Å². The molecule has 1 aliphatic rings. The fraction of sp³-hybridized carbons (Fsp3) is 0. The Morgan fingerprint density at radius 2 is 1.14 bits per heavy atom. The molecular weight excluding hydrogens is 541 g/mol. The van der Waals surface area contributed by atoms with Crippen LogP contribution in [0.25, 0.3) is 60.5 Å². The molecule has 0 saturated carbocycles. The molecule has 0 spiro atoms. The minimum Gasteiger partial charge on any atom is -0.309 e. The number of para-hydroxylation sites is 1. The second-order valence-electron chi connectivity index (χ2n) is 11.2. The molecule has 7 aromatic carbocycles. The first-order chi connectivity index (χ1) is 21.2. The van der Waals surface area contributed by atoms with E-state index in [9.17, 15) is 0 Å². The molecule has 3 heteroatoms. The molecule has 0 N–H and O–H groups in total. The SMILES string of the molecule is O=P1(c2ccccc2)c2ccccc2-c2ccc3c(c21)c1ccccc1n3-c1ccc(-c2cccc3ccccc23)cc1. The topological polar surface area (TPSA) is 22.0 Å². The number of nitrogens with zero attached hydrogens (tertiary/aromatic N) is 1. The summed E-state index contributed by atoms with van der Waals surface area (Å²) in [7, 11) is -3.12. The van der Waals surface area contributed by atoms with E-state index in [1.54, 1.807) is 0 Å². The van der Waals surface area contributed by atoms with E-state index in [-0.39, 0.29) is 0 Å². The van der Waals surface area contributed by atoms with Crippen molar-refractivity contribution in [2.24, 2.45) is 0 Å². The second kappa shape index (κ2) is 9.16. The molecule has 0 amide bonds. The van der Waals surface area contributed by atoms with E-state index in [0.717, 1.165) is 54.5 Å². The van der Waals surface area contributed by atoms with Gasteiger partial charge in [0.05, 0.1) is 11.0 Å². The van der Waals surface area contributed by atoms with Crippen molar-refractivity contribution >= 4 is 55.6 Å². The zero-order valence-corrected chi connectivity index (χ0v) is 24.2. The highest BCUT2D eigenvalue weighted by Crippen LogP contribution is 2.55. The van der Waals surface area contributed by atoms with Crippen LogP contribution < -0.4 is 15.9 Å². The van der Waals surface area contributed by atoms with Crippen LogP contribution in [0.4, 0.5) is 0 Å². The van der Waals surface area contributed by atoms with Gasteiger partial charge in [-0.25, -0.2) is 0 Å². The third kappa shape index (κ3) is 3.39. The van der Waals surface area contributed by atoms with Crippen LogP contribution >= 0.6 is 7.14 Å². The first-order valence-corrected chi connectivity index (χ1v) is 16.3. The Labute approximate surface area is 249 Å². The van der Waals surface area contributed by atoms with Crippen molar-refractivity contribution in [2.45, 2.75) is 0 Å². The summed E-state index contributed by atoms with van der Waals surface area (Å²) in [6, 6.07) is 55.1. The zero-order chi connectivity index (χ0) is 28.5. The Morgan fingerprint density at radius 1 is 0.465 bits per heavy atom. The molecule has 0 saturated heterocycles. The summed E-state index contributed by atoms with van der Waals surface area (Å²) < 4.78 is 17.9. The number of aromatic nitrogens is 1. The van der Waals surface area contributed by atoms with Crippen LogP contribution in [-0.2, 0) is 4.57 Å². The molecular formula is C40H26NOP. The lowest BCUT2D eigenvalue weighted by Crippen LogP contribution is -2.21. The molecule has 1 unspecified atom stereocenters. The molecule has 202 valence electrons. The van der Waals surface area contributed by atoms with E-state index in [2.05, 4.69) is 120 Å². The number of fused-ring (bicyclic) bond motifs is 8. The fourth-order valence-electron chi connectivity index (χ4n) is 7.13. The highest BCUT2D eigenvalue weighted by atomic mass is 31.2. The highest BCUT2D eigenvalue weighted by molar-refractivity contribution is 7.86. The van der Waals surface area contributed by atoms with Gasteiger partial charge in [-0.1, -0.05) is 133 Å². The molecule has 0 fully saturated rings. The van der Waals surface area contributed by atoms with Crippen LogP contribution in [0.1, 0.15) is 0 Å². The van der Waals surface area contributed by atoms with E-state index in [1.165, 1.54) is 21.9 Å². The van der Waals surface area contributed by atoms with Gasteiger partial charge in [-0.15, -0.1) is 0 Å². The van der Waals surface area contributed by atoms with Crippen LogP contribution in [0.2, 0.25) is 0 Å². The standard InChI is InChI=1S/C40H26NOP/c42-43(30-13-2-1-3-14-30)38-20-9-7-16-33(38)34-25-26-37-39(40(34)43)35-17-6-8-19-36(35)41(37)29-23-21-28(22-24-29)32-18-10-12-27-11-4-5-15-31(27)32/h1-26H. The predicted octanol–water partition coefficient (Wildman–Crippen LogP) is 9.22. The molecule has 2 nitrogen and oxygen atoms in total. The van der Waals surface area contributed by atoms with Crippen LogP contribution in [-0.4, -0.2) is 4.57 Å². The largest absolute Gasteiger partial charge is 0.309 e. The number of hydrogen-bond acceptors (Lipinski definition) is 1. The Hall–Kier alpha value is -5.17. The average Bonchev–Trinajstić information content (AvgIpc) is 3.55. The van der Waals surface area contributed by atoms with Crippen molar-refractivity contribution < 1.29 is 4.57 Å². The van der Waals surface area contributed by atoms with Gasteiger partial charge < -0.3 is 9.13 Å². The molecule has 0 aliphatic carbocycles. The maximum Gasteiger partial charge on any atom is 0.172 e. The predicted molar refractivity (Wildman–Crippen MR) is 182 cm³/mol. The van der Waals surface area contributed by atoms with Crippen molar-refractivity contribution in [2.75, 3.05) is 0 Å². The molecule has 1 atom stereocenters. The average molecular weight is 568 g/mol. The monoisotopic (exact) mass is 567 g/mol. The van der Waals surface area contributed by atoms with E-state index in [0.29, 0.717) is 0 Å². The summed E-state index contributed by atoms with van der Waals surface area (Å²) in [6.45, 7) is 0. The summed E-state index contributed by atoms with van der Waals surface area (Å²) in [5.41, 5.74) is 7.83. The lowest BCUT2D eigenvalue weighted by molar-refractivity contribution is 0.593. The van der Waals surface area contributed by atoms with Crippen LogP contribution in [0.5, 0.6) is 0 Å². The number of benzene rings is 7. The minimum absolute atomic E-state index is 0.880. The minimum atomic E-state index is -3.12. The second-order valence-corrected chi connectivity index (χ2v) is 13.9. The molecule has 9 rings (SSSR count). The van der Waals surface area contributed by atoms with Gasteiger partial charge in [-0.2, -0.15) is 0 Å². The Morgan fingerprint density at radius 3 is 2.00 bits per heavy atom. The van der Waals surface area contributed by atoms with Crippen LogP contribution in [0.3, 0.4) is 0 Å². The zero-order valence-electron chi connectivity index (χ0n) is 23.3. The van der Waals surface area contributed by atoms with Gasteiger partial charge in [0.15, 0.2) is 7.14 Å². The maximum atomic E-state index is 15.6. The quantitative estimate of drug-likeness (QED) is 0.195. The summed E-state index contributed by atoms with van der Waals surface area (Å²) in [5.74, 6) is 0. The third-order valence-corrected chi connectivity index (χ3v) is 12.2. The fourth-order valence-corrected chi connectivity index (χ4v) is 10.4. The van der Waals surface area contributed by atoms with Gasteiger partial charge >= 0.3 is 0 Å². The smallest absolute Gasteiger partial charge is 0.172 e. The molecule has 1 aromatic heterocycles. The van der Waals surface area contributed by atoms with E-state index in [1.807, 2.05) is 42.5 Å². The third-order valence-electron chi connectivity index (χ3n) is 9.01. The molecule has 1 aliphatic heterocycles. The molecule has 2 heterocycles. The van der Waals surface area contributed by atoms with Crippen molar-refractivity contribution in [3.05, 3.63) is 158 Å². The van der Waals surface area contributed by atoms with Gasteiger partial charge in [0.2, 0.25) is 0 Å². The number of rotatable bonds is 3. The van der Waals surface area contributed by atoms with E-state index >= 15 is 4.57 Å². The van der Waals surface area contributed by atoms with Gasteiger partial charge in [-0.3, -0.25) is 0 Å². The molecule has 0 bridgehead atoms. The van der Waals surface area contributed by atoms with Crippen molar-refractivity contribution in [1.29, 1.82) is 0 Å². The summed E-state index contributed by atoms with van der Waals surface area (Å²) in [5, 5.41) is 7.46. The lowest BCUT2D eigenvalue weighted by Gasteiger charge is -2.17. The number of hydrogen-bond donors (Lipinski definition) is 0. The Balaban J connectivity index is 1.31. The molecule has 0 radical (unpaired) electrons. The van der Waals surface area contributed by atoms with Gasteiger partial charge in [-0.05, 0) is 57.3 Å². The molecule has 8 aromatic rings. The van der Waals surface area contributed by atoms with Gasteiger partial charge in [0, 0.05) is 32.4 Å². The first kappa shape index (κ1) is 24.4. The summed E-state index contributed by atoms with van der Waals surface area (Å²) in [4.78, 5) is 0. The molecule has 43 heavy (non-hydrogen) atoms. The van der Waals surface area contributed by atoms with Crippen molar-refractivity contribution in [3.63, 3.8) is 0 Å². The summed E-state index contributed by atoms with van der Waals surface area (Å²) in [6.07, 6.45) is 0. The van der Waals surface area contributed by atoms with E-state index in [4.69, 9.17) is 0 Å². The van der Waals surface area contributed by atoms with Crippen molar-refractivity contribution in [3.8, 4) is 27.9 Å². The van der Waals surface area contributed by atoms with Crippen molar-refractivity contribution in [1.82, 2.24) is 4.57 Å². The van der Waals surface area contributed by atoms with Gasteiger partial charge in [0.25, 0.3) is 0 Å².